The van der Waals surface area contributed by atoms with Crippen molar-refractivity contribution in [3.05, 3.63) is 91.9 Å². The molecule has 0 spiro atoms. The van der Waals surface area contributed by atoms with Crippen LogP contribution in [0.2, 0.25) is 10.0 Å². The zero-order chi connectivity index (χ0) is 19.9. The van der Waals surface area contributed by atoms with E-state index in [1.807, 2.05) is 36.4 Å². The highest BCUT2D eigenvalue weighted by Gasteiger charge is 2.11. The first-order chi connectivity index (χ1) is 13.6. The van der Waals surface area contributed by atoms with Crippen LogP contribution in [0.4, 0.5) is 0 Å². The van der Waals surface area contributed by atoms with Crippen LogP contribution in [0.1, 0.15) is 16.7 Å². The maximum absolute atomic E-state index is 6.07. The van der Waals surface area contributed by atoms with Crippen LogP contribution >= 0.6 is 39.1 Å². The van der Waals surface area contributed by atoms with Crippen molar-refractivity contribution >= 4 is 39.1 Å². The molecule has 0 amide bonds. The summed E-state index contributed by atoms with van der Waals surface area (Å²) in [5, 5.41) is 4.48. The molecule has 146 valence electrons. The maximum Gasteiger partial charge on any atom is 0.162 e. The lowest BCUT2D eigenvalue weighted by molar-refractivity contribution is 0.284. The molecule has 0 fully saturated rings. The Balaban J connectivity index is 1.65. The van der Waals surface area contributed by atoms with E-state index in [1.54, 1.807) is 19.2 Å². The molecule has 0 radical (unpaired) electrons. The van der Waals surface area contributed by atoms with E-state index in [0.29, 0.717) is 34.7 Å². The Hall–Kier alpha value is -1.72. The average Bonchev–Trinajstić information content (AvgIpc) is 2.71. The maximum atomic E-state index is 6.07. The number of hydrogen-bond acceptors (Lipinski definition) is 3. The van der Waals surface area contributed by atoms with E-state index < -0.39 is 0 Å². The van der Waals surface area contributed by atoms with Gasteiger partial charge in [-0.15, -0.1) is 0 Å². The summed E-state index contributed by atoms with van der Waals surface area (Å²) in [6.07, 6.45) is 0. The van der Waals surface area contributed by atoms with Gasteiger partial charge in [0.2, 0.25) is 0 Å². The van der Waals surface area contributed by atoms with Gasteiger partial charge in [-0.25, -0.2) is 0 Å². The smallest absolute Gasteiger partial charge is 0.162 e. The Morgan fingerprint density at radius 2 is 1.64 bits per heavy atom. The second kappa shape index (κ2) is 10.2. The number of halogens is 3. The van der Waals surface area contributed by atoms with Crippen molar-refractivity contribution in [2.24, 2.45) is 0 Å². The quantitative estimate of drug-likeness (QED) is 0.392. The summed E-state index contributed by atoms with van der Waals surface area (Å²) in [7, 11) is 1.64. The van der Waals surface area contributed by atoms with Crippen LogP contribution < -0.4 is 14.8 Å². The van der Waals surface area contributed by atoms with Crippen molar-refractivity contribution in [3.63, 3.8) is 0 Å². The number of rotatable bonds is 8. The molecule has 0 bridgehead atoms. The summed E-state index contributed by atoms with van der Waals surface area (Å²) >= 11 is 15.7. The topological polar surface area (TPSA) is 30.5 Å². The SMILES string of the molecule is COc1cc(CNCc2ccccc2)c(Br)cc1OCc1ccc(Cl)c(Cl)c1. The molecule has 28 heavy (non-hydrogen) atoms. The summed E-state index contributed by atoms with van der Waals surface area (Å²) < 4.78 is 12.4. The molecule has 0 atom stereocenters. The minimum Gasteiger partial charge on any atom is -0.493 e. The van der Waals surface area contributed by atoms with Crippen LogP contribution in [0.25, 0.3) is 0 Å². The molecule has 0 saturated carbocycles. The van der Waals surface area contributed by atoms with Gasteiger partial charge in [0.15, 0.2) is 11.5 Å². The lowest BCUT2D eigenvalue weighted by Gasteiger charge is -2.15. The highest BCUT2D eigenvalue weighted by molar-refractivity contribution is 9.10. The highest BCUT2D eigenvalue weighted by atomic mass is 79.9. The normalized spacial score (nSPS) is 10.7. The number of methoxy groups -OCH3 is 1. The molecule has 0 aromatic heterocycles. The van der Waals surface area contributed by atoms with Gasteiger partial charge in [-0.1, -0.05) is 75.5 Å². The van der Waals surface area contributed by atoms with E-state index in [1.165, 1.54) is 5.56 Å². The van der Waals surface area contributed by atoms with Gasteiger partial charge < -0.3 is 14.8 Å². The monoisotopic (exact) mass is 479 g/mol. The van der Waals surface area contributed by atoms with E-state index >= 15 is 0 Å². The molecule has 0 heterocycles. The molecule has 1 N–H and O–H groups in total. The van der Waals surface area contributed by atoms with Gasteiger partial charge in [0.05, 0.1) is 17.2 Å². The third kappa shape index (κ3) is 5.65. The van der Waals surface area contributed by atoms with Gasteiger partial charge in [0.1, 0.15) is 6.61 Å². The number of hydrogen-bond donors (Lipinski definition) is 1. The minimum absolute atomic E-state index is 0.366. The molecule has 6 heteroatoms. The van der Waals surface area contributed by atoms with Crippen LogP contribution in [0.3, 0.4) is 0 Å². The number of nitrogens with one attached hydrogen (secondary N) is 1. The van der Waals surface area contributed by atoms with E-state index in [-0.39, 0.29) is 0 Å². The standard InChI is InChI=1S/C22H20BrCl2NO2/c1-27-21-10-17(13-26-12-15-5-3-2-4-6-15)18(23)11-22(21)28-14-16-7-8-19(24)20(25)9-16/h2-11,26H,12-14H2,1H3. The van der Waals surface area contributed by atoms with Crippen LogP contribution in [-0.2, 0) is 19.7 Å². The van der Waals surface area contributed by atoms with E-state index in [9.17, 15) is 0 Å². The lowest BCUT2D eigenvalue weighted by Crippen LogP contribution is -2.13. The molecule has 3 nitrogen and oxygen atoms in total. The Morgan fingerprint density at radius 1 is 0.857 bits per heavy atom. The van der Waals surface area contributed by atoms with Gasteiger partial charge in [0.25, 0.3) is 0 Å². The fraction of sp³-hybridized carbons (Fsp3) is 0.182. The second-order valence-corrected chi connectivity index (χ2v) is 7.89. The molecule has 0 aliphatic heterocycles. The van der Waals surface area contributed by atoms with Crippen LogP contribution in [0.15, 0.2) is 65.1 Å². The van der Waals surface area contributed by atoms with Crippen molar-refractivity contribution in [3.8, 4) is 11.5 Å². The summed E-state index contributed by atoms with van der Waals surface area (Å²) in [6, 6.07) is 19.6. The third-order valence-electron chi connectivity index (χ3n) is 4.20. The van der Waals surface area contributed by atoms with Crippen LogP contribution in [0.5, 0.6) is 11.5 Å². The van der Waals surface area contributed by atoms with Crippen molar-refractivity contribution in [1.29, 1.82) is 0 Å². The largest absolute Gasteiger partial charge is 0.493 e. The molecule has 0 aliphatic carbocycles. The molecule has 3 aromatic carbocycles. The van der Waals surface area contributed by atoms with Crippen molar-refractivity contribution in [1.82, 2.24) is 5.32 Å². The average molecular weight is 481 g/mol. The highest BCUT2D eigenvalue weighted by Crippen LogP contribution is 2.34. The van der Waals surface area contributed by atoms with Gasteiger partial charge in [-0.3, -0.25) is 0 Å². The van der Waals surface area contributed by atoms with E-state index in [0.717, 1.165) is 22.1 Å². The third-order valence-corrected chi connectivity index (χ3v) is 5.68. The molecular formula is C22H20BrCl2NO2. The minimum atomic E-state index is 0.366. The summed E-state index contributed by atoms with van der Waals surface area (Å²) in [4.78, 5) is 0. The van der Waals surface area contributed by atoms with E-state index in [2.05, 4.69) is 33.4 Å². The first-order valence-corrected chi connectivity index (χ1v) is 10.3. The predicted molar refractivity (Wildman–Crippen MR) is 118 cm³/mol. The van der Waals surface area contributed by atoms with Gasteiger partial charge in [0, 0.05) is 17.6 Å². The zero-order valence-electron chi connectivity index (χ0n) is 15.3. The van der Waals surface area contributed by atoms with Crippen molar-refractivity contribution in [2.45, 2.75) is 19.7 Å². The first-order valence-electron chi connectivity index (χ1n) is 8.74. The van der Waals surface area contributed by atoms with Crippen LogP contribution in [0, 0.1) is 0 Å². The lowest BCUT2D eigenvalue weighted by atomic mass is 10.2. The van der Waals surface area contributed by atoms with E-state index in [4.69, 9.17) is 32.7 Å². The second-order valence-electron chi connectivity index (χ2n) is 6.22. The molecule has 3 rings (SSSR count). The van der Waals surface area contributed by atoms with Gasteiger partial charge in [-0.2, -0.15) is 0 Å². The molecular weight excluding hydrogens is 461 g/mol. The fourth-order valence-electron chi connectivity index (χ4n) is 2.71. The zero-order valence-corrected chi connectivity index (χ0v) is 18.4. The van der Waals surface area contributed by atoms with Gasteiger partial charge >= 0.3 is 0 Å². The number of benzene rings is 3. The van der Waals surface area contributed by atoms with Crippen molar-refractivity contribution < 1.29 is 9.47 Å². The molecule has 0 unspecified atom stereocenters. The number of ether oxygens (including phenoxy) is 2. The van der Waals surface area contributed by atoms with Crippen LogP contribution in [-0.4, -0.2) is 7.11 Å². The van der Waals surface area contributed by atoms with Crippen molar-refractivity contribution in [2.75, 3.05) is 7.11 Å². The molecule has 3 aromatic rings. The summed E-state index contributed by atoms with van der Waals surface area (Å²) in [5.74, 6) is 1.34. The first kappa shape index (κ1) is 21.0. The summed E-state index contributed by atoms with van der Waals surface area (Å²) in [5.41, 5.74) is 3.27. The Bertz CT molecular complexity index is 935. The molecule has 0 saturated heterocycles. The Morgan fingerprint density at radius 3 is 2.36 bits per heavy atom. The summed E-state index contributed by atoms with van der Waals surface area (Å²) in [6.45, 7) is 1.87. The van der Waals surface area contributed by atoms with Gasteiger partial charge in [-0.05, 0) is 41.0 Å². The Kier molecular flexibility index (Phi) is 7.63. The Labute approximate surface area is 183 Å². The molecule has 0 aliphatic rings. The predicted octanol–water partition coefficient (Wildman–Crippen LogP) is 6.63. The fourth-order valence-corrected chi connectivity index (χ4v) is 3.50.